The van der Waals surface area contributed by atoms with Crippen LogP contribution in [0, 0.1) is 17.8 Å². The van der Waals surface area contributed by atoms with E-state index >= 15 is 0 Å². The molecule has 4 rings (SSSR count). The zero-order chi connectivity index (χ0) is 12.8. The molecule has 2 unspecified atom stereocenters. The summed E-state index contributed by atoms with van der Waals surface area (Å²) in [6.07, 6.45) is 6.41. The maximum Gasteiger partial charge on any atom is 0.136 e. The van der Waals surface area contributed by atoms with Crippen LogP contribution in [0.15, 0.2) is 18.2 Å². The van der Waals surface area contributed by atoms with Gasteiger partial charge in [-0.05, 0) is 54.7 Å². The van der Waals surface area contributed by atoms with E-state index in [0.717, 1.165) is 43.5 Å². The lowest BCUT2D eigenvalue weighted by Gasteiger charge is -2.10. The van der Waals surface area contributed by atoms with E-state index in [1.54, 1.807) is 0 Å². The number of hydrogen-bond donors (Lipinski definition) is 0. The highest BCUT2D eigenvalue weighted by atomic mass is 16.5. The fourth-order valence-corrected chi connectivity index (χ4v) is 3.84. The van der Waals surface area contributed by atoms with Crippen molar-refractivity contribution in [2.24, 2.45) is 17.8 Å². The second-order valence-corrected chi connectivity index (χ2v) is 6.43. The molecule has 1 aliphatic heterocycles. The van der Waals surface area contributed by atoms with Crippen LogP contribution in [0.1, 0.15) is 36.8 Å². The minimum atomic E-state index is 0.390. The van der Waals surface area contributed by atoms with E-state index in [1.807, 2.05) is 0 Å². The zero-order valence-electron chi connectivity index (χ0n) is 11.2. The largest absolute Gasteiger partial charge is 0.493 e. The Hall–Kier alpha value is -1.31. The molecule has 0 aromatic heterocycles. The standard InChI is InChI=1S/C17H20O2/c18-16(15-9-13-8-14(13)10-15)3-1-11-2-4-17-12(7-11)5-6-19-17/h2,4,7,13-15H,1,3,5-6,8-10H2. The van der Waals surface area contributed by atoms with Crippen molar-refractivity contribution in [1.29, 1.82) is 0 Å². The van der Waals surface area contributed by atoms with E-state index in [-0.39, 0.29) is 0 Å². The van der Waals surface area contributed by atoms with Crippen LogP contribution < -0.4 is 4.74 Å². The van der Waals surface area contributed by atoms with Gasteiger partial charge in [0.25, 0.3) is 0 Å². The van der Waals surface area contributed by atoms with Crippen molar-refractivity contribution in [3.05, 3.63) is 29.3 Å². The van der Waals surface area contributed by atoms with Gasteiger partial charge in [0.15, 0.2) is 0 Å². The summed E-state index contributed by atoms with van der Waals surface area (Å²) < 4.78 is 5.51. The first-order chi connectivity index (χ1) is 9.29. The summed E-state index contributed by atoms with van der Waals surface area (Å²) in [5.41, 5.74) is 2.60. The average molecular weight is 256 g/mol. The number of ether oxygens (including phenoxy) is 1. The number of carbonyl (C=O) groups is 1. The average Bonchev–Trinajstić information content (AvgIpc) is 2.87. The predicted octanol–water partition coefficient (Wildman–Crippen LogP) is 3.17. The number of hydrogen-bond acceptors (Lipinski definition) is 2. The Labute approximate surface area is 114 Å². The molecule has 1 aromatic carbocycles. The van der Waals surface area contributed by atoms with Crippen LogP contribution in [0.25, 0.3) is 0 Å². The van der Waals surface area contributed by atoms with Gasteiger partial charge in [0.1, 0.15) is 11.5 Å². The number of carbonyl (C=O) groups excluding carboxylic acids is 1. The molecule has 2 nitrogen and oxygen atoms in total. The summed E-state index contributed by atoms with van der Waals surface area (Å²) in [7, 11) is 0. The van der Waals surface area contributed by atoms with Gasteiger partial charge >= 0.3 is 0 Å². The quantitative estimate of drug-likeness (QED) is 0.827. The Morgan fingerprint density at radius 3 is 2.89 bits per heavy atom. The van der Waals surface area contributed by atoms with E-state index in [0.29, 0.717) is 11.7 Å². The Bertz CT molecular complexity index is 510. The maximum absolute atomic E-state index is 12.2. The van der Waals surface area contributed by atoms with Gasteiger partial charge in [-0.1, -0.05) is 12.1 Å². The highest BCUT2D eigenvalue weighted by Crippen LogP contribution is 2.54. The summed E-state index contributed by atoms with van der Waals surface area (Å²) in [5, 5.41) is 0. The normalized spacial score (nSPS) is 30.6. The molecule has 0 bridgehead atoms. The first-order valence-electron chi connectivity index (χ1n) is 7.57. The summed E-state index contributed by atoms with van der Waals surface area (Å²) >= 11 is 0. The number of rotatable bonds is 4. The number of fused-ring (bicyclic) bond motifs is 2. The first-order valence-corrected chi connectivity index (χ1v) is 7.57. The SMILES string of the molecule is O=C(CCc1ccc2c(c1)CCO2)C1CC2CC2C1. The van der Waals surface area contributed by atoms with Gasteiger partial charge in [-0.2, -0.15) is 0 Å². The van der Waals surface area contributed by atoms with Crippen molar-refractivity contribution in [3.63, 3.8) is 0 Å². The molecule has 0 saturated heterocycles. The Morgan fingerprint density at radius 1 is 1.21 bits per heavy atom. The first kappa shape index (κ1) is 11.5. The van der Waals surface area contributed by atoms with Crippen LogP contribution in [0.2, 0.25) is 0 Å². The highest BCUT2D eigenvalue weighted by Gasteiger charge is 2.47. The van der Waals surface area contributed by atoms with Gasteiger partial charge < -0.3 is 4.74 Å². The third-order valence-corrected chi connectivity index (χ3v) is 5.11. The van der Waals surface area contributed by atoms with Crippen molar-refractivity contribution in [2.45, 2.75) is 38.5 Å². The van der Waals surface area contributed by atoms with Gasteiger partial charge in [-0.15, -0.1) is 0 Å². The molecule has 0 amide bonds. The maximum atomic E-state index is 12.2. The molecule has 2 atom stereocenters. The van der Waals surface area contributed by atoms with Crippen molar-refractivity contribution >= 4 is 5.78 Å². The fraction of sp³-hybridized carbons (Fsp3) is 0.588. The van der Waals surface area contributed by atoms with Crippen LogP contribution in [0.5, 0.6) is 5.75 Å². The number of ketones is 1. The van der Waals surface area contributed by atoms with E-state index in [1.165, 1.54) is 30.4 Å². The lowest BCUT2D eigenvalue weighted by atomic mass is 9.93. The Balaban J connectivity index is 1.35. The summed E-state index contributed by atoms with van der Waals surface area (Å²) in [4.78, 5) is 12.2. The van der Waals surface area contributed by atoms with Crippen molar-refractivity contribution in [2.75, 3.05) is 6.61 Å². The molecule has 19 heavy (non-hydrogen) atoms. The summed E-state index contributed by atoms with van der Waals surface area (Å²) in [6.45, 7) is 0.808. The van der Waals surface area contributed by atoms with E-state index < -0.39 is 0 Å². The minimum absolute atomic E-state index is 0.390. The van der Waals surface area contributed by atoms with Crippen LogP contribution in [0.4, 0.5) is 0 Å². The minimum Gasteiger partial charge on any atom is -0.493 e. The molecule has 1 heterocycles. The number of benzene rings is 1. The molecule has 1 aromatic rings. The topological polar surface area (TPSA) is 26.3 Å². The lowest BCUT2D eigenvalue weighted by Crippen LogP contribution is -2.13. The van der Waals surface area contributed by atoms with Crippen LogP contribution in [-0.2, 0) is 17.6 Å². The van der Waals surface area contributed by atoms with E-state index in [2.05, 4.69) is 18.2 Å². The van der Waals surface area contributed by atoms with E-state index in [4.69, 9.17) is 4.74 Å². The van der Waals surface area contributed by atoms with Crippen molar-refractivity contribution in [1.82, 2.24) is 0 Å². The molecular weight excluding hydrogens is 236 g/mol. The Morgan fingerprint density at radius 2 is 2.05 bits per heavy atom. The molecule has 0 radical (unpaired) electrons. The zero-order valence-corrected chi connectivity index (χ0v) is 11.2. The van der Waals surface area contributed by atoms with E-state index in [9.17, 15) is 4.79 Å². The second-order valence-electron chi connectivity index (χ2n) is 6.43. The highest BCUT2D eigenvalue weighted by molar-refractivity contribution is 5.81. The third kappa shape index (κ3) is 2.18. The van der Waals surface area contributed by atoms with Crippen LogP contribution in [0.3, 0.4) is 0 Å². The van der Waals surface area contributed by atoms with Crippen LogP contribution in [-0.4, -0.2) is 12.4 Å². The molecule has 2 aliphatic carbocycles. The second kappa shape index (κ2) is 4.36. The fourth-order valence-electron chi connectivity index (χ4n) is 3.84. The van der Waals surface area contributed by atoms with Gasteiger partial charge in [-0.3, -0.25) is 4.79 Å². The summed E-state index contributed by atoms with van der Waals surface area (Å²) in [5.74, 6) is 3.74. The lowest BCUT2D eigenvalue weighted by molar-refractivity contribution is -0.122. The smallest absolute Gasteiger partial charge is 0.136 e. The number of Topliss-reactive ketones (excluding diaryl/α,β-unsaturated/α-hetero) is 1. The molecule has 0 N–H and O–H groups in total. The number of aryl methyl sites for hydroxylation is 1. The molecule has 3 aliphatic rings. The molecule has 2 saturated carbocycles. The third-order valence-electron chi connectivity index (χ3n) is 5.11. The van der Waals surface area contributed by atoms with Gasteiger partial charge in [0, 0.05) is 18.8 Å². The van der Waals surface area contributed by atoms with Crippen molar-refractivity contribution in [3.8, 4) is 5.75 Å². The van der Waals surface area contributed by atoms with Gasteiger partial charge in [0.05, 0.1) is 6.61 Å². The monoisotopic (exact) mass is 256 g/mol. The molecule has 2 heteroatoms. The summed E-state index contributed by atoms with van der Waals surface area (Å²) in [6, 6.07) is 6.40. The van der Waals surface area contributed by atoms with Crippen molar-refractivity contribution < 1.29 is 9.53 Å². The predicted molar refractivity (Wildman–Crippen MR) is 73.3 cm³/mol. The molecule has 2 fully saturated rings. The van der Waals surface area contributed by atoms with Crippen LogP contribution >= 0.6 is 0 Å². The van der Waals surface area contributed by atoms with Gasteiger partial charge in [0.2, 0.25) is 0 Å². The Kier molecular flexibility index (Phi) is 2.64. The molecular formula is C17H20O2. The van der Waals surface area contributed by atoms with Gasteiger partial charge in [-0.25, -0.2) is 0 Å². The molecule has 100 valence electrons. The molecule has 0 spiro atoms.